The fourth-order valence-electron chi connectivity index (χ4n) is 2.50. The van der Waals surface area contributed by atoms with Gasteiger partial charge in [0, 0.05) is 11.1 Å². The minimum atomic E-state index is -0.384. The number of nitrogens with one attached hydrogen (secondary N) is 1. The number of halogens is 1. The average molecular weight is 388 g/mol. The molecule has 27 heavy (non-hydrogen) atoms. The van der Waals surface area contributed by atoms with Crippen LogP contribution in [0, 0.1) is 10.6 Å². The molecule has 0 unspecified atom stereocenters. The molecule has 0 spiro atoms. The van der Waals surface area contributed by atoms with Crippen molar-refractivity contribution in [3.05, 3.63) is 52.5 Å². The van der Waals surface area contributed by atoms with Gasteiger partial charge in [0.25, 0.3) is 0 Å². The van der Waals surface area contributed by atoms with Gasteiger partial charge in [-0.3, -0.25) is 0 Å². The van der Waals surface area contributed by atoms with Crippen LogP contribution >= 0.6 is 12.2 Å². The van der Waals surface area contributed by atoms with Crippen LogP contribution in [0.3, 0.4) is 0 Å². The largest absolute Gasteiger partial charge is 0.493 e. The summed E-state index contributed by atoms with van der Waals surface area (Å²) in [6.07, 6.45) is 1.38. The summed E-state index contributed by atoms with van der Waals surface area (Å²) in [5.74, 6) is 1.41. The predicted molar refractivity (Wildman–Crippen MR) is 102 cm³/mol. The maximum Gasteiger partial charge on any atom is 0.216 e. The first-order valence-electron chi connectivity index (χ1n) is 7.85. The lowest BCUT2D eigenvalue weighted by molar-refractivity contribution is 0.324. The fourth-order valence-corrected chi connectivity index (χ4v) is 2.67. The molecule has 3 aromatic rings. The standard InChI is InChI=1S/C18H17FN4O3S/c1-24-14-8-12(9-15(25-2)16(14)26-3)17-21-22-18(27)23(17)20-10-11-6-4-5-7-13(11)19/h4-10H,1-3H3,(H,22,27). The van der Waals surface area contributed by atoms with E-state index in [1.165, 1.54) is 38.3 Å². The topological polar surface area (TPSA) is 73.7 Å². The summed E-state index contributed by atoms with van der Waals surface area (Å²) >= 11 is 5.24. The predicted octanol–water partition coefficient (Wildman–Crippen LogP) is 3.65. The molecule has 0 saturated heterocycles. The van der Waals surface area contributed by atoms with E-state index in [0.717, 1.165) is 0 Å². The number of methoxy groups -OCH3 is 3. The molecule has 9 heteroatoms. The molecular weight excluding hydrogens is 371 g/mol. The maximum atomic E-state index is 13.8. The van der Waals surface area contributed by atoms with Crippen molar-refractivity contribution in [1.82, 2.24) is 14.9 Å². The lowest BCUT2D eigenvalue weighted by Crippen LogP contribution is -1.99. The van der Waals surface area contributed by atoms with E-state index < -0.39 is 0 Å². The Kier molecular flexibility index (Phi) is 5.51. The highest BCUT2D eigenvalue weighted by Gasteiger charge is 2.17. The zero-order chi connectivity index (χ0) is 19.4. The summed E-state index contributed by atoms with van der Waals surface area (Å²) in [4.78, 5) is 0. The van der Waals surface area contributed by atoms with Gasteiger partial charge in [-0.1, -0.05) is 18.2 Å². The minimum Gasteiger partial charge on any atom is -0.493 e. The van der Waals surface area contributed by atoms with Gasteiger partial charge in [0.1, 0.15) is 5.82 Å². The lowest BCUT2D eigenvalue weighted by Gasteiger charge is -2.13. The molecule has 0 fully saturated rings. The second-order valence-electron chi connectivity index (χ2n) is 5.34. The van der Waals surface area contributed by atoms with Crippen molar-refractivity contribution in [1.29, 1.82) is 0 Å². The van der Waals surface area contributed by atoms with Gasteiger partial charge in [-0.15, -0.1) is 0 Å². The van der Waals surface area contributed by atoms with Gasteiger partial charge in [-0.05, 0) is 30.4 Å². The van der Waals surface area contributed by atoms with Crippen molar-refractivity contribution >= 4 is 18.4 Å². The van der Waals surface area contributed by atoms with E-state index >= 15 is 0 Å². The highest BCUT2D eigenvalue weighted by Crippen LogP contribution is 2.40. The van der Waals surface area contributed by atoms with E-state index in [0.29, 0.717) is 34.2 Å². The number of benzene rings is 2. The highest BCUT2D eigenvalue weighted by molar-refractivity contribution is 7.71. The molecule has 0 saturated carbocycles. The van der Waals surface area contributed by atoms with Crippen LogP contribution < -0.4 is 14.2 Å². The zero-order valence-corrected chi connectivity index (χ0v) is 15.7. The van der Waals surface area contributed by atoms with Crippen LogP contribution in [0.2, 0.25) is 0 Å². The van der Waals surface area contributed by atoms with Crippen molar-refractivity contribution in [2.24, 2.45) is 5.10 Å². The van der Waals surface area contributed by atoms with Crippen LogP contribution in [0.5, 0.6) is 17.2 Å². The summed E-state index contributed by atoms with van der Waals surface area (Å²) in [6, 6.07) is 9.75. The van der Waals surface area contributed by atoms with Crippen LogP contribution in [0.25, 0.3) is 11.4 Å². The van der Waals surface area contributed by atoms with E-state index in [9.17, 15) is 4.39 Å². The number of H-pyrrole nitrogens is 1. The summed E-state index contributed by atoms with van der Waals surface area (Å²) < 4.78 is 31.5. The summed E-state index contributed by atoms with van der Waals surface area (Å²) in [7, 11) is 4.57. The SMILES string of the molecule is COc1cc(-c2n[nH]c(=S)n2N=Cc2ccccc2F)cc(OC)c1OC. The Bertz CT molecular complexity index is 1020. The third-order valence-corrected chi connectivity index (χ3v) is 4.06. The highest BCUT2D eigenvalue weighted by atomic mass is 32.1. The number of nitrogens with zero attached hydrogens (tertiary/aromatic N) is 3. The number of hydrogen-bond donors (Lipinski definition) is 1. The summed E-state index contributed by atoms with van der Waals surface area (Å²) in [6.45, 7) is 0. The molecular formula is C18H17FN4O3S. The number of aromatic amines is 1. The third kappa shape index (κ3) is 3.68. The second-order valence-corrected chi connectivity index (χ2v) is 5.73. The Labute approximate surface area is 160 Å². The molecule has 0 radical (unpaired) electrons. The fraction of sp³-hybridized carbons (Fsp3) is 0.167. The molecule has 140 valence electrons. The molecule has 0 bridgehead atoms. The third-order valence-electron chi connectivity index (χ3n) is 3.79. The van der Waals surface area contributed by atoms with Gasteiger partial charge < -0.3 is 14.2 Å². The van der Waals surface area contributed by atoms with Crippen molar-refractivity contribution in [3.8, 4) is 28.6 Å². The van der Waals surface area contributed by atoms with Crippen LogP contribution in [-0.4, -0.2) is 42.4 Å². The molecule has 0 amide bonds. The first-order valence-corrected chi connectivity index (χ1v) is 8.26. The molecule has 0 aliphatic carbocycles. The molecule has 0 aliphatic heterocycles. The van der Waals surface area contributed by atoms with Gasteiger partial charge in [-0.25, -0.2) is 9.49 Å². The Balaban J connectivity index is 2.10. The monoisotopic (exact) mass is 388 g/mol. The quantitative estimate of drug-likeness (QED) is 0.515. The van der Waals surface area contributed by atoms with Crippen LogP contribution in [0.15, 0.2) is 41.5 Å². The normalized spacial score (nSPS) is 11.0. The molecule has 1 N–H and O–H groups in total. The van der Waals surface area contributed by atoms with Crippen molar-refractivity contribution in [3.63, 3.8) is 0 Å². The Morgan fingerprint density at radius 3 is 2.37 bits per heavy atom. The van der Waals surface area contributed by atoms with E-state index in [-0.39, 0.29) is 10.6 Å². The maximum absolute atomic E-state index is 13.8. The van der Waals surface area contributed by atoms with E-state index in [1.807, 2.05) is 0 Å². The molecule has 7 nitrogen and oxygen atoms in total. The van der Waals surface area contributed by atoms with E-state index in [1.54, 1.807) is 30.3 Å². The molecule has 1 heterocycles. The zero-order valence-electron chi connectivity index (χ0n) is 14.9. The Morgan fingerprint density at radius 1 is 1.11 bits per heavy atom. The minimum absolute atomic E-state index is 0.256. The molecule has 2 aromatic carbocycles. The van der Waals surface area contributed by atoms with Crippen LogP contribution in [0.4, 0.5) is 4.39 Å². The molecule has 3 rings (SSSR count). The molecule has 0 atom stereocenters. The van der Waals surface area contributed by atoms with Gasteiger partial charge in [0.15, 0.2) is 17.3 Å². The van der Waals surface area contributed by atoms with Crippen molar-refractivity contribution in [2.45, 2.75) is 0 Å². The molecule has 0 aliphatic rings. The van der Waals surface area contributed by atoms with Crippen molar-refractivity contribution in [2.75, 3.05) is 21.3 Å². The number of rotatable bonds is 6. The van der Waals surface area contributed by atoms with Gasteiger partial charge in [0.2, 0.25) is 10.5 Å². The smallest absolute Gasteiger partial charge is 0.216 e. The summed E-state index contributed by atoms with van der Waals surface area (Å²) in [5, 5.41) is 11.2. The van der Waals surface area contributed by atoms with Crippen molar-refractivity contribution < 1.29 is 18.6 Å². The second kappa shape index (κ2) is 8.00. The van der Waals surface area contributed by atoms with Gasteiger partial charge in [-0.2, -0.15) is 14.9 Å². The lowest BCUT2D eigenvalue weighted by atomic mass is 10.1. The van der Waals surface area contributed by atoms with Crippen LogP contribution in [-0.2, 0) is 0 Å². The number of aromatic nitrogens is 3. The number of ether oxygens (including phenoxy) is 3. The average Bonchev–Trinajstić information content (AvgIpc) is 3.06. The van der Waals surface area contributed by atoms with E-state index in [2.05, 4.69) is 15.3 Å². The number of hydrogen-bond acceptors (Lipinski definition) is 6. The first kappa shape index (κ1) is 18.6. The van der Waals surface area contributed by atoms with Gasteiger partial charge in [0.05, 0.1) is 27.5 Å². The first-order chi connectivity index (χ1) is 13.1. The van der Waals surface area contributed by atoms with Gasteiger partial charge >= 0.3 is 0 Å². The Hall–Kier alpha value is -3.20. The van der Waals surface area contributed by atoms with E-state index in [4.69, 9.17) is 26.4 Å². The van der Waals surface area contributed by atoms with Crippen LogP contribution in [0.1, 0.15) is 5.56 Å². The summed E-state index contributed by atoms with van der Waals surface area (Å²) in [5.41, 5.74) is 0.957. The Morgan fingerprint density at radius 2 is 1.78 bits per heavy atom. The molecule has 1 aromatic heterocycles.